The molecule has 0 unspecified atom stereocenters. The molecule has 0 rings (SSSR count). The predicted molar refractivity (Wildman–Crippen MR) is 80.5 cm³/mol. The molecule has 3 N–H and O–H groups in total. The Hall–Kier alpha value is -1.26. The molecule has 0 aromatic rings. The molecule has 0 aliphatic heterocycles. The largest absolute Gasteiger partial charge is 0.481 e. The summed E-state index contributed by atoms with van der Waals surface area (Å²) in [6.07, 6.45) is 0.467. The quantitative estimate of drug-likeness (QED) is 0.826. The average molecular weight is 289 g/mol. The average Bonchev–Trinajstić information content (AvgIpc) is 1.88. The van der Waals surface area contributed by atoms with E-state index in [9.17, 15) is 9.59 Å². The zero-order valence-electron chi connectivity index (χ0n) is 14.2. The highest BCUT2D eigenvalue weighted by Gasteiger charge is 2.27. The first-order valence-electron chi connectivity index (χ1n) is 6.74. The number of carboxylic acids is 1. The van der Waals surface area contributed by atoms with E-state index in [4.69, 9.17) is 10.8 Å². The van der Waals surface area contributed by atoms with E-state index in [1.165, 1.54) is 0 Å². The lowest BCUT2D eigenvalue weighted by Crippen LogP contribution is -2.27. The Balaban J connectivity index is 0. The van der Waals surface area contributed by atoms with Crippen molar-refractivity contribution in [2.75, 3.05) is 0 Å². The van der Waals surface area contributed by atoms with Crippen LogP contribution < -0.4 is 5.73 Å². The van der Waals surface area contributed by atoms with Crippen LogP contribution in [-0.2, 0) is 9.53 Å². The second-order valence-corrected chi connectivity index (χ2v) is 8.01. The van der Waals surface area contributed by atoms with Gasteiger partial charge in [0.2, 0.25) is 0 Å². The van der Waals surface area contributed by atoms with Crippen LogP contribution in [0.25, 0.3) is 0 Å². The smallest absolute Gasteiger partial charge is 0.405 e. The van der Waals surface area contributed by atoms with Crippen molar-refractivity contribution in [1.29, 1.82) is 0 Å². The van der Waals surface area contributed by atoms with Gasteiger partial charge in [-0.3, -0.25) is 4.79 Å². The zero-order valence-corrected chi connectivity index (χ0v) is 14.2. The van der Waals surface area contributed by atoms with E-state index in [1.807, 2.05) is 13.8 Å². The second-order valence-electron chi connectivity index (χ2n) is 8.01. The fourth-order valence-corrected chi connectivity index (χ4v) is 2.21. The number of carbonyl (C=O) groups excluding carboxylic acids is 1. The molecular formula is C15H31NO4. The summed E-state index contributed by atoms with van der Waals surface area (Å²) in [4.78, 5) is 20.5. The van der Waals surface area contributed by atoms with Crippen molar-refractivity contribution in [2.24, 2.45) is 16.6 Å². The van der Waals surface area contributed by atoms with Gasteiger partial charge in [-0.25, -0.2) is 4.79 Å². The lowest BCUT2D eigenvalue weighted by atomic mass is 9.74. The Labute approximate surface area is 122 Å². The highest BCUT2D eigenvalue weighted by molar-refractivity contribution is 5.67. The minimum atomic E-state index is -0.725. The van der Waals surface area contributed by atoms with Crippen LogP contribution in [-0.4, -0.2) is 22.8 Å². The minimum Gasteiger partial charge on any atom is -0.481 e. The van der Waals surface area contributed by atoms with Crippen LogP contribution >= 0.6 is 0 Å². The molecule has 20 heavy (non-hydrogen) atoms. The molecule has 0 bridgehead atoms. The minimum absolute atomic E-state index is 0.0932. The Morgan fingerprint density at radius 1 is 1.00 bits per heavy atom. The number of nitrogens with two attached hydrogens (primary N) is 1. The van der Waals surface area contributed by atoms with Crippen molar-refractivity contribution < 1.29 is 19.4 Å². The molecule has 120 valence electrons. The molecule has 0 aromatic carbocycles. The van der Waals surface area contributed by atoms with Gasteiger partial charge in [0.15, 0.2) is 0 Å². The molecular weight excluding hydrogens is 258 g/mol. The van der Waals surface area contributed by atoms with Gasteiger partial charge in [-0.1, -0.05) is 34.6 Å². The highest BCUT2D eigenvalue weighted by atomic mass is 16.6. The number of hydrogen-bond donors (Lipinski definition) is 2. The number of ether oxygens (including phenoxy) is 1. The Kier molecular flexibility index (Phi) is 7.90. The van der Waals surface area contributed by atoms with Crippen molar-refractivity contribution in [3.05, 3.63) is 0 Å². The normalized spacial score (nSPS) is 12.2. The third-order valence-electron chi connectivity index (χ3n) is 2.05. The Bertz CT molecular complexity index is 322. The molecule has 0 saturated heterocycles. The SMILES string of the molecule is CC(C)(C)CC(C)(C)CC(=O)O.CC(C)(C)OC(N)=O. The zero-order chi connectivity index (χ0) is 16.8. The first kappa shape index (κ1) is 21.0. The third-order valence-corrected chi connectivity index (χ3v) is 2.05. The van der Waals surface area contributed by atoms with Crippen molar-refractivity contribution in [1.82, 2.24) is 0 Å². The molecule has 0 heterocycles. The summed E-state index contributed by atoms with van der Waals surface area (Å²) in [6, 6.07) is 0. The number of carbonyl (C=O) groups is 2. The standard InChI is InChI=1S/C10H20O2.C5H11NO2/c1-9(2,3)7-10(4,5)6-8(11)12;1-5(2,3)8-4(6)7/h6-7H2,1-5H3,(H,11,12);1-3H3,(H2,6,7). The topological polar surface area (TPSA) is 89.6 Å². The van der Waals surface area contributed by atoms with Gasteiger partial charge >= 0.3 is 12.1 Å². The lowest BCUT2D eigenvalue weighted by molar-refractivity contribution is -0.139. The maximum Gasteiger partial charge on any atom is 0.405 e. The summed E-state index contributed by atoms with van der Waals surface area (Å²) in [5.74, 6) is -0.704. The maximum absolute atomic E-state index is 10.5. The van der Waals surface area contributed by atoms with E-state index >= 15 is 0 Å². The number of amides is 1. The molecule has 5 nitrogen and oxygen atoms in total. The molecule has 0 fully saturated rings. The van der Waals surface area contributed by atoms with Crippen LogP contribution in [0.1, 0.15) is 68.2 Å². The summed E-state index contributed by atoms with van der Waals surface area (Å²) >= 11 is 0. The van der Waals surface area contributed by atoms with E-state index < -0.39 is 17.7 Å². The van der Waals surface area contributed by atoms with Crippen molar-refractivity contribution in [3.8, 4) is 0 Å². The highest BCUT2D eigenvalue weighted by Crippen LogP contribution is 2.35. The van der Waals surface area contributed by atoms with Gasteiger partial charge in [-0.15, -0.1) is 0 Å². The van der Waals surface area contributed by atoms with E-state index in [-0.39, 0.29) is 17.3 Å². The number of carboxylic acid groups (broad SMARTS) is 1. The van der Waals surface area contributed by atoms with Crippen LogP contribution in [0.2, 0.25) is 0 Å². The second kappa shape index (κ2) is 7.50. The molecule has 0 atom stereocenters. The number of hydrogen-bond acceptors (Lipinski definition) is 3. The van der Waals surface area contributed by atoms with Crippen LogP contribution in [0, 0.1) is 10.8 Å². The Morgan fingerprint density at radius 3 is 1.55 bits per heavy atom. The number of rotatable bonds is 3. The summed E-state index contributed by atoms with van der Waals surface area (Å²) in [6.45, 7) is 15.7. The van der Waals surface area contributed by atoms with Crippen molar-refractivity contribution in [3.63, 3.8) is 0 Å². The van der Waals surface area contributed by atoms with E-state index in [0.717, 1.165) is 6.42 Å². The number of primary amides is 1. The fraction of sp³-hybridized carbons (Fsp3) is 0.867. The molecule has 0 aliphatic rings. The van der Waals surface area contributed by atoms with E-state index in [0.29, 0.717) is 0 Å². The molecule has 0 aromatic heterocycles. The van der Waals surface area contributed by atoms with Gasteiger partial charge in [0, 0.05) is 0 Å². The van der Waals surface area contributed by atoms with Crippen LogP contribution in [0.3, 0.4) is 0 Å². The molecule has 0 saturated carbocycles. The van der Waals surface area contributed by atoms with Crippen LogP contribution in [0.15, 0.2) is 0 Å². The van der Waals surface area contributed by atoms with Crippen molar-refractivity contribution in [2.45, 2.75) is 73.8 Å². The van der Waals surface area contributed by atoms with Gasteiger partial charge in [0.1, 0.15) is 5.60 Å². The van der Waals surface area contributed by atoms with Crippen molar-refractivity contribution >= 4 is 12.1 Å². The van der Waals surface area contributed by atoms with E-state index in [1.54, 1.807) is 20.8 Å². The Morgan fingerprint density at radius 2 is 1.40 bits per heavy atom. The van der Waals surface area contributed by atoms with Gasteiger partial charge in [0.25, 0.3) is 0 Å². The molecule has 0 radical (unpaired) electrons. The number of aliphatic carboxylic acids is 1. The fourth-order valence-electron chi connectivity index (χ4n) is 2.21. The van der Waals surface area contributed by atoms with Crippen LogP contribution in [0.5, 0.6) is 0 Å². The predicted octanol–water partition coefficient (Wildman–Crippen LogP) is 3.80. The first-order valence-corrected chi connectivity index (χ1v) is 6.74. The molecule has 5 heteroatoms. The molecule has 0 aliphatic carbocycles. The van der Waals surface area contributed by atoms with Gasteiger partial charge in [0.05, 0.1) is 6.42 Å². The summed E-state index contributed by atoms with van der Waals surface area (Å²) in [7, 11) is 0. The third kappa shape index (κ3) is 19.1. The molecule has 0 spiro atoms. The first-order chi connectivity index (χ1) is 8.54. The maximum atomic E-state index is 10.5. The van der Waals surface area contributed by atoms with E-state index in [2.05, 4.69) is 25.5 Å². The summed E-state index contributed by atoms with van der Waals surface area (Å²) in [5, 5.41) is 8.65. The summed E-state index contributed by atoms with van der Waals surface area (Å²) < 4.78 is 4.58. The van der Waals surface area contributed by atoms with Crippen LogP contribution in [0.4, 0.5) is 4.79 Å². The van der Waals surface area contributed by atoms with Gasteiger partial charge in [-0.2, -0.15) is 0 Å². The van der Waals surface area contributed by atoms with Gasteiger partial charge < -0.3 is 15.6 Å². The van der Waals surface area contributed by atoms with Gasteiger partial charge in [-0.05, 0) is 38.0 Å². The monoisotopic (exact) mass is 289 g/mol. The molecule has 1 amide bonds. The lowest BCUT2D eigenvalue weighted by Gasteiger charge is -2.30. The summed E-state index contributed by atoms with van der Waals surface area (Å²) in [5.41, 5.74) is 4.38.